The minimum Gasteiger partial charge on any atom is -0.394 e. The highest BCUT2D eigenvalue weighted by Crippen LogP contribution is 2.32. The quantitative estimate of drug-likeness (QED) is 0.336. The van der Waals surface area contributed by atoms with E-state index in [2.05, 4.69) is 0 Å². The third-order valence-corrected chi connectivity index (χ3v) is 1.67. The van der Waals surface area contributed by atoms with Crippen LogP contribution in [-0.2, 0) is 4.79 Å². The van der Waals surface area contributed by atoms with Gasteiger partial charge in [0.2, 0.25) is 0 Å². The molecule has 0 rings (SSSR count). The van der Waals surface area contributed by atoms with Crippen LogP contribution in [-0.4, -0.2) is 62.1 Å². The Balaban J connectivity index is 5.04. The van der Waals surface area contributed by atoms with Crippen LogP contribution < -0.4 is 0 Å². The first kappa shape index (κ1) is 14.3. The minimum absolute atomic E-state index is 1.32. The highest BCUT2D eigenvalue weighted by molar-refractivity contribution is 5.77. The van der Waals surface area contributed by atoms with Crippen LogP contribution in [0.25, 0.3) is 0 Å². The second-order valence-electron chi connectivity index (χ2n) is 2.76. The first-order valence-electron chi connectivity index (χ1n) is 3.58. The molecule has 9 heteroatoms. The summed E-state index contributed by atoms with van der Waals surface area (Å²) < 4.78 is 37.3. The van der Waals surface area contributed by atoms with Gasteiger partial charge in [-0.2, -0.15) is 8.78 Å². The van der Waals surface area contributed by atoms with Crippen molar-refractivity contribution >= 4 is 6.04 Å². The molecule has 90 valence electrons. The highest BCUT2D eigenvalue weighted by atomic mass is 19.2. The molecular formula is C6H9F3O6. The van der Waals surface area contributed by atoms with Gasteiger partial charge in [0.15, 0.2) is 0 Å². The maximum absolute atomic E-state index is 12.9. The number of carbonyl (C=O) groups is 1. The van der Waals surface area contributed by atoms with Gasteiger partial charge < -0.3 is 25.5 Å². The van der Waals surface area contributed by atoms with Gasteiger partial charge >= 0.3 is 17.7 Å². The van der Waals surface area contributed by atoms with Gasteiger partial charge in [-0.25, -0.2) is 4.39 Å². The van der Waals surface area contributed by atoms with E-state index in [1.165, 1.54) is 0 Å². The van der Waals surface area contributed by atoms with Gasteiger partial charge in [0, 0.05) is 0 Å². The molecule has 0 aliphatic carbocycles. The Morgan fingerprint density at radius 3 is 1.93 bits per heavy atom. The van der Waals surface area contributed by atoms with Gasteiger partial charge in [-0.1, -0.05) is 0 Å². The largest absolute Gasteiger partial charge is 0.394 e. The Morgan fingerprint density at radius 2 is 1.67 bits per heavy atom. The standard InChI is InChI=1S/C6H9F3O6/c7-4(13)6(9,15)5(8,14)3(12)2(11)1-10/h2-3,10-12,14-15H,1H2/t2-,3-,5+,6-/m1/s1. The van der Waals surface area contributed by atoms with E-state index >= 15 is 0 Å². The van der Waals surface area contributed by atoms with Crippen LogP contribution in [0.5, 0.6) is 0 Å². The number of hydrogen-bond acceptors (Lipinski definition) is 6. The third-order valence-electron chi connectivity index (χ3n) is 1.67. The Kier molecular flexibility index (Phi) is 4.19. The fraction of sp³-hybridized carbons (Fsp3) is 0.833. The lowest BCUT2D eigenvalue weighted by atomic mass is 9.99. The Morgan fingerprint density at radius 1 is 1.27 bits per heavy atom. The summed E-state index contributed by atoms with van der Waals surface area (Å²) in [7, 11) is 0. The first-order valence-corrected chi connectivity index (χ1v) is 3.58. The summed E-state index contributed by atoms with van der Waals surface area (Å²) >= 11 is 0. The summed E-state index contributed by atoms with van der Waals surface area (Å²) in [6.45, 7) is -1.32. The van der Waals surface area contributed by atoms with Crippen LogP contribution in [0.2, 0.25) is 0 Å². The Bertz CT molecular complexity index is 243. The summed E-state index contributed by atoms with van der Waals surface area (Å²) in [4.78, 5) is 9.78. The topological polar surface area (TPSA) is 118 Å². The average Bonchev–Trinajstić information content (AvgIpc) is 2.14. The maximum atomic E-state index is 12.9. The average molecular weight is 234 g/mol. The molecule has 0 fully saturated rings. The van der Waals surface area contributed by atoms with Crippen molar-refractivity contribution in [3.8, 4) is 0 Å². The third kappa shape index (κ3) is 2.44. The van der Waals surface area contributed by atoms with Crippen molar-refractivity contribution in [3.63, 3.8) is 0 Å². The lowest BCUT2D eigenvalue weighted by molar-refractivity contribution is -0.323. The van der Waals surface area contributed by atoms with Gasteiger partial charge in [-0.15, -0.1) is 0 Å². The van der Waals surface area contributed by atoms with E-state index in [1.54, 1.807) is 0 Å². The predicted molar refractivity (Wildman–Crippen MR) is 37.3 cm³/mol. The number of hydrogen-bond donors (Lipinski definition) is 5. The van der Waals surface area contributed by atoms with Crippen LogP contribution >= 0.6 is 0 Å². The molecule has 5 N–H and O–H groups in total. The lowest BCUT2D eigenvalue weighted by Crippen LogP contribution is -2.62. The van der Waals surface area contributed by atoms with Crippen molar-refractivity contribution in [2.75, 3.05) is 6.61 Å². The molecule has 4 atom stereocenters. The van der Waals surface area contributed by atoms with Crippen LogP contribution in [0.3, 0.4) is 0 Å². The molecule has 0 amide bonds. The zero-order valence-electron chi connectivity index (χ0n) is 7.14. The van der Waals surface area contributed by atoms with Crippen LogP contribution in [0, 0.1) is 0 Å². The van der Waals surface area contributed by atoms with E-state index in [0.717, 1.165) is 0 Å². The monoisotopic (exact) mass is 234 g/mol. The van der Waals surface area contributed by atoms with Crippen molar-refractivity contribution in [2.24, 2.45) is 0 Å². The molecule has 15 heavy (non-hydrogen) atoms. The van der Waals surface area contributed by atoms with E-state index < -0.39 is 36.6 Å². The molecule has 0 unspecified atom stereocenters. The summed E-state index contributed by atoms with van der Waals surface area (Å²) in [6, 6.07) is -3.29. The molecule has 0 aromatic carbocycles. The number of carbonyl (C=O) groups excluding carboxylic acids is 1. The lowest BCUT2D eigenvalue weighted by Gasteiger charge is -2.32. The molecule has 0 heterocycles. The fourth-order valence-electron chi connectivity index (χ4n) is 0.689. The van der Waals surface area contributed by atoms with Crippen molar-refractivity contribution in [1.82, 2.24) is 0 Å². The molecule has 0 aliphatic heterocycles. The molecule has 0 bridgehead atoms. The van der Waals surface area contributed by atoms with Crippen LogP contribution in [0.1, 0.15) is 0 Å². The highest BCUT2D eigenvalue weighted by Gasteiger charge is 2.64. The number of aliphatic hydroxyl groups is 5. The zero-order valence-corrected chi connectivity index (χ0v) is 7.14. The zero-order chi connectivity index (χ0) is 12.4. The van der Waals surface area contributed by atoms with E-state index in [0.29, 0.717) is 0 Å². The van der Waals surface area contributed by atoms with Gasteiger partial charge in [0.05, 0.1) is 6.61 Å². The summed E-state index contributed by atoms with van der Waals surface area (Å²) in [5.74, 6) is -9.83. The molecule has 0 aromatic heterocycles. The Hall–Kier alpha value is -0.740. The number of alkyl halides is 2. The van der Waals surface area contributed by atoms with E-state index in [1.807, 2.05) is 0 Å². The summed E-state index contributed by atoms with van der Waals surface area (Å²) in [5.41, 5.74) is 0. The second kappa shape index (κ2) is 4.41. The van der Waals surface area contributed by atoms with Crippen molar-refractivity contribution < 1.29 is 43.5 Å². The molecule has 0 aliphatic rings. The van der Waals surface area contributed by atoms with E-state index in [4.69, 9.17) is 25.5 Å². The van der Waals surface area contributed by atoms with Crippen LogP contribution in [0.4, 0.5) is 13.2 Å². The summed E-state index contributed by atoms with van der Waals surface area (Å²) in [5, 5.41) is 42.2. The van der Waals surface area contributed by atoms with E-state index in [9.17, 15) is 18.0 Å². The number of halogens is 3. The van der Waals surface area contributed by atoms with Gasteiger partial charge in [-0.3, -0.25) is 4.79 Å². The van der Waals surface area contributed by atoms with Gasteiger partial charge in [0.25, 0.3) is 0 Å². The molecule has 0 saturated carbocycles. The number of aliphatic hydroxyl groups excluding tert-OH is 3. The second-order valence-corrected chi connectivity index (χ2v) is 2.76. The van der Waals surface area contributed by atoms with Crippen molar-refractivity contribution in [2.45, 2.75) is 23.9 Å². The maximum Gasteiger partial charge on any atom is 0.371 e. The molecule has 0 spiro atoms. The van der Waals surface area contributed by atoms with E-state index in [-0.39, 0.29) is 0 Å². The smallest absolute Gasteiger partial charge is 0.371 e. The minimum atomic E-state index is -5.04. The predicted octanol–water partition coefficient (Wildman–Crippen LogP) is -2.49. The molecule has 0 saturated heterocycles. The molecule has 0 aromatic rings. The van der Waals surface area contributed by atoms with Crippen molar-refractivity contribution in [3.05, 3.63) is 0 Å². The summed E-state index contributed by atoms with van der Waals surface area (Å²) in [6.07, 6.45) is -5.53. The Labute approximate surface area is 81.2 Å². The van der Waals surface area contributed by atoms with Crippen LogP contribution in [0.15, 0.2) is 0 Å². The molecule has 0 radical (unpaired) electrons. The molecule has 6 nitrogen and oxygen atoms in total. The SMILES string of the molecule is O=C(F)[C@](O)(F)[C@](O)(F)[C@H](O)[C@H](O)CO. The van der Waals surface area contributed by atoms with Crippen molar-refractivity contribution in [1.29, 1.82) is 0 Å². The first-order chi connectivity index (χ1) is 6.59. The normalized spacial score (nSPS) is 23.7. The van der Waals surface area contributed by atoms with Gasteiger partial charge in [-0.05, 0) is 0 Å². The van der Waals surface area contributed by atoms with Gasteiger partial charge in [0.1, 0.15) is 12.2 Å². The fourth-order valence-corrected chi connectivity index (χ4v) is 0.689. The number of rotatable bonds is 5. The molecular weight excluding hydrogens is 225 g/mol.